The van der Waals surface area contributed by atoms with Crippen LogP contribution in [-0.2, 0) is 9.59 Å². The van der Waals surface area contributed by atoms with Crippen LogP contribution >= 0.6 is 0 Å². The molecule has 0 aliphatic carbocycles. The third-order valence-corrected chi connectivity index (χ3v) is 2.68. The number of aliphatic carboxylic acids is 2. The van der Waals surface area contributed by atoms with Crippen molar-refractivity contribution in [3.05, 3.63) is 0 Å². The lowest BCUT2D eigenvalue weighted by Crippen LogP contribution is -2.67. The fourth-order valence-electron chi connectivity index (χ4n) is 1.04. The molecule has 2 atom stereocenters. The Morgan fingerprint density at radius 3 is 1.50 bits per heavy atom. The van der Waals surface area contributed by atoms with Gasteiger partial charge in [0.25, 0.3) is 0 Å². The molecule has 0 rings (SSSR count). The Labute approximate surface area is 81.8 Å². The molecule has 0 aliphatic heterocycles. The maximum Gasteiger partial charge on any atom is 0.337 e. The van der Waals surface area contributed by atoms with E-state index in [0.29, 0.717) is 0 Å². The van der Waals surface area contributed by atoms with Crippen LogP contribution in [0.25, 0.3) is 0 Å². The van der Waals surface area contributed by atoms with E-state index < -0.39 is 23.1 Å². The smallest absolute Gasteiger partial charge is 0.337 e. The van der Waals surface area contributed by atoms with E-state index >= 15 is 0 Å². The van der Waals surface area contributed by atoms with E-state index in [-0.39, 0.29) is 0 Å². The molecule has 0 bridgehead atoms. The molecule has 3 N–H and O–H groups in total. The number of hydrogen-bond donors (Lipinski definition) is 3. The number of hydrogen-bond acceptors (Lipinski definition) is 4. The second-order valence-electron chi connectivity index (χ2n) is 3.65. The third kappa shape index (κ3) is 1.58. The minimum Gasteiger partial charge on any atom is -0.480 e. The zero-order valence-corrected chi connectivity index (χ0v) is 8.61. The Morgan fingerprint density at radius 2 is 1.43 bits per heavy atom. The Balaban J connectivity index is 5.43. The van der Waals surface area contributed by atoms with Crippen LogP contribution in [0.1, 0.15) is 13.8 Å². The maximum absolute atomic E-state index is 10.9. The molecule has 14 heavy (non-hydrogen) atoms. The highest BCUT2D eigenvalue weighted by Gasteiger charge is 2.56. The third-order valence-electron chi connectivity index (χ3n) is 2.68. The average molecular weight is 205 g/mol. The summed E-state index contributed by atoms with van der Waals surface area (Å²) in [5.41, 5.74) is -4.23. The molecule has 0 aliphatic rings. The van der Waals surface area contributed by atoms with Crippen LogP contribution in [0, 0.1) is 0 Å². The van der Waals surface area contributed by atoms with Gasteiger partial charge in [-0.25, -0.2) is 4.79 Å². The predicted molar refractivity (Wildman–Crippen MR) is 48.0 cm³/mol. The van der Waals surface area contributed by atoms with E-state index in [1.54, 1.807) is 0 Å². The van der Waals surface area contributed by atoms with Crippen LogP contribution < -0.4 is 0 Å². The van der Waals surface area contributed by atoms with Gasteiger partial charge in [-0.3, -0.25) is 9.69 Å². The number of likely N-dealkylation sites (N-methyl/N-ethyl adjacent to an activating group) is 1. The first-order valence-corrected chi connectivity index (χ1v) is 3.95. The quantitative estimate of drug-likeness (QED) is 0.557. The highest BCUT2D eigenvalue weighted by Crippen LogP contribution is 2.27. The van der Waals surface area contributed by atoms with Crippen molar-refractivity contribution in [3.8, 4) is 0 Å². The van der Waals surface area contributed by atoms with Gasteiger partial charge in [0, 0.05) is 0 Å². The number of carbonyl (C=O) groups is 2. The van der Waals surface area contributed by atoms with E-state index in [0.717, 1.165) is 18.7 Å². The van der Waals surface area contributed by atoms with Crippen molar-refractivity contribution in [1.29, 1.82) is 0 Å². The molecule has 0 spiro atoms. The van der Waals surface area contributed by atoms with Gasteiger partial charge < -0.3 is 15.3 Å². The molecule has 0 saturated heterocycles. The van der Waals surface area contributed by atoms with Gasteiger partial charge in [0.1, 0.15) is 0 Å². The lowest BCUT2D eigenvalue weighted by molar-refractivity contribution is -0.185. The zero-order chi connectivity index (χ0) is 11.7. The van der Waals surface area contributed by atoms with Gasteiger partial charge in [-0.2, -0.15) is 0 Å². The van der Waals surface area contributed by atoms with E-state index in [4.69, 9.17) is 10.2 Å². The van der Waals surface area contributed by atoms with Gasteiger partial charge in [-0.05, 0) is 27.9 Å². The molecule has 0 aromatic carbocycles. The van der Waals surface area contributed by atoms with Gasteiger partial charge in [-0.1, -0.05) is 0 Å². The number of nitrogens with zero attached hydrogens (tertiary/aromatic N) is 1. The molecular formula is C8H15NO5. The summed E-state index contributed by atoms with van der Waals surface area (Å²) in [4.78, 5) is 22.8. The van der Waals surface area contributed by atoms with Crippen LogP contribution in [0.5, 0.6) is 0 Å². The Kier molecular flexibility index (Phi) is 3.26. The van der Waals surface area contributed by atoms with Crippen molar-refractivity contribution < 1.29 is 24.9 Å². The Bertz CT molecular complexity index is 260. The topological polar surface area (TPSA) is 98.1 Å². The minimum atomic E-state index is -2.36. The molecule has 0 heterocycles. The Hall–Kier alpha value is -1.14. The predicted octanol–water partition coefficient (Wildman–Crippen LogP) is -0.773. The molecule has 0 amide bonds. The van der Waals surface area contributed by atoms with Crippen molar-refractivity contribution in [3.63, 3.8) is 0 Å². The van der Waals surface area contributed by atoms with Gasteiger partial charge in [0.05, 0.1) is 0 Å². The standard InChI is InChI=1S/C8H15NO5/c1-7(5(10)11,9(3)4)8(2,14)6(12)13/h14H,1-4H3,(H,10,11)(H,12,13). The number of carboxylic acid groups (broad SMARTS) is 2. The second-order valence-corrected chi connectivity index (χ2v) is 3.65. The molecule has 6 heteroatoms. The lowest BCUT2D eigenvalue weighted by atomic mass is 9.81. The van der Waals surface area contributed by atoms with Crippen LogP contribution in [0.3, 0.4) is 0 Å². The highest BCUT2D eigenvalue weighted by molar-refractivity contribution is 5.91. The largest absolute Gasteiger partial charge is 0.480 e. The Morgan fingerprint density at radius 1 is 1.07 bits per heavy atom. The first-order chi connectivity index (χ1) is 6.08. The average Bonchev–Trinajstić information content (AvgIpc) is 2.01. The SMILES string of the molecule is CN(C)C(C)(C(=O)O)C(C)(O)C(=O)O. The summed E-state index contributed by atoms with van der Waals surface area (Å²) in [7, 11) is 2.79. The molecule has 6 nitrogen and oxygen atoms in total. The van der Waals surface area contributed by atoms with Crippen LogP contribution in [0.15, 0.2) is 0 Å². The first-order valence-electron chi connectivity index (χ1n) is 3.95. The van der Waals surface area contributed by atoms with Crippen molar-refractivity contribution in [2.24, 2.45) is 0 Å². The van der Waals surface area contributed by atoms with Gasteiger partial charge in [0.15, 0.2) is 11.1 Å². The normalized spacial score (nSPS) is 19.9. The van der Waals surface area contributed by atoms with Crippen LogP contribution in [0.4, 0.5) is 0 Å². The minimum absolute atomic E-state index is 0.962. The summed E-state index contributed by atoms with van der Waals surface area (Å²) in [5, 5.41) is 27.3. The van der Waals surface area contributed by atoms with Gasteiger partial charge in [0.2, 0.25) is 0 Å². The molecule has 82 valence electrons. The van der Waals surface area contributed by atoms with Crippen LogP contribution in [-0.4, -0.2) is 57.4 Å². The van der Waals surface area contributed by atoms with Gasteiger partial charge in [-0.15, -0.1) is 0 Å². The summed E-state index contributed by atoms with van der Waals surface area (Å²) < 4.78 is 0. The van der Waals surface area contributed by atoms with Crippen molar-refractivity contribution in [2.45, 2.75) is 25.0 Å². The number of rotatable bonds is 4. The molecule has 0 saturated carbocycles. The molecule has 0 fully saturated rings. The monoisotopic (exact) mass is 205 g/mol. The number of aliphatic hydroxyl groups is 1. The fraction of sp³-hybridized carbons (Fsp3) is 0.750. The maximum atomic E-state index is 10.9. The molecule has 0 aromatic rings. The molecule has 2 unspecified atom stereocenters. The molecule has 0 radical (unpaired) electrons. The molecular weight excluding hydrogens is 190 g/mol. The van der Waals surface area contributed by atoms with E-state index in [1.807, 2.05) is 0 Å². The summed E-state index contributed by atoms with van der Waals surface area (Å²) in [6, 6.07) is 0. The summed E-state index contributed by atoms with van der Waals surface area (Å²) in [6.07, 6.45) is 0. The second kappa shape index (κ2) is 3.55. The molecule has 0 aromatic heterocycles. The van der Waals surface area contributed by atoms with Crippen molar-refractivity contribution in [1.82, 2.24) is 4.90 Å². The van der Waals surface area contributed by atoms with Crippen molar-refractivity contribution >= 4 is 11.9 Å². The highest BCUT2D eigenvalue weighted by atomic mass is 16.4. The van der Waals surface area contributed by atoms with E-state index in [1.165, 1.54) is 14.1 Å². The first kappa shape index (κ1) is 12.9. The van der Waals surface area contributed by atoms with E-state index in [9.17, 15) is 14.7 Å². The summed E-state index contributed by atoms with van der Waals surface area (Å²) in [6.45, 7) is 2.12. The number of carboxylic acids is 2. The zero-order valence-electron chi connectivity index (χ0n) is 8.61. The van der Waals surface area contributed by atoms with E-state index in [2.05, 4.69) is 0 Å². The summed E-state index contributed by atoms with van der Waals surface area (Å²) in [5.74, 6) is -2.97. The summed E-state index contributed by atoms with van der Waals surface area (Å²) >= 11 is 0. The van der Waals surface area contributed by atoms with Gasteiger partial charge >= 0.3 is 11.9 Å². The fourth-order valence-corrected chi connectivity index (χ4v) is 1.04. The lowest BCUT2D eigenvalue weighted by Gasteiger charge is -2.40. The van der Waals surface area contributed by atoms with Crippen molar-refractivity contribution in [2.75, 3.05) is 14.1 Å². The van der Waals surface area contributed by atoms with Crippen LogP contribution in [0.2, 0.25) is 0 Å².